The minimum Gasteiger partial charge on any atom is -0.427 e. The molecule has 0 radical (unpaired) electrons. The zero-order valence-electron chi connectivity index (χ0n) is 15.3. The van der Waals surface area contributed by atoms with Gasteiger partial charge in [-0.2, -0.15) is 0 Å². The first kappa shape index (κ1) is 17.0. The van der Waals surface area contributed by atoms with Gasteiger partial charge < -0.3 is 19.2 Å². The van der Waals surface area contributed by atoms with E-state index in [1.807, 2.05) is 30.3 Å². The van der Waals surface area contributed by atoms with E-state index < -0.39 is 0 Å². The third-order valence-corrected chi connectivity index (χ3v) is 5.50. The van der Waals surface area contributed by atoms with Crippen molar-refractivity contribution in [2.45, 2.75) is 25.5 Å². The summed E-state index contributed by atoms with van der Waals surface area (Å²) in [6.45, 7) is 2.02. The van der Waals surface area contributed by atoms with Gasteiger partial charge in [-0.15, -0.1) is 0 Å². The number of nitrogens with one attached hydrogen (secondary N) is 1. The highest BCUT2D eigenvalue weighted by Gasteiger charge is 2.43. The Labute approximate surface area is 161 Å². The van der Waals surface area contributed by atoms with Crippen LogP contribution in [-0.2, 0) is 9.53 Å². The lowest BCUT2D eigenvalue weighted by Crippen LogP contribution is -2.32. The van der Waals surface area contributed by atoms with Crippen molar-refractivity contribution in [2.24, 2.45) is 5.92 Å². The van der Waals surface area contributed by atoms with E-state index in [0.29, 0.717) is 23.6 Å². The van der Waals surface area contributed by atoms with Gasteiger partial charge in [0, 0.05) is 30.4 Å². The third kappa shape index (κ3) is 2.68. The maximum atomic E-state index is 12.7. The van der Waals surface area contributed by atoms with Crippen LogP contribution in [0.4, 0.5) is 5.69 Å². The van der Waals surface area contributed by atoms with E-state index in [-0.39, 0.29) is 29.7 Å². The molecular formula is C22H19NO5. The molecule has 0 spiro atoms. The molecule has 2 aliphatic rings. The second-order valence-electron chi connectivity index (χ2n) is 7.20. The summed E-state index contributed by atoms with van der Waals surface area (Å²) in [4.78, 5) is 23.8. The number of para-hydroxylation sites is 1. The maximum absolute atomic E-state index is 12.7. The van der Waals surface area contributed by atoms with E-state index in [1.165, 1.54) is 6.92 Å². The first-order valence-corrected chi connectivity index (χ1v) is 9.34. The fourth-order valence-corrected chi connectivity index (χ4v) is 4.35. The first-order valence-electron chi connectivity index (χ1n) is 9.34. The van der Waals surface area contributed by atoms with Crippen molar-refractivity contribution in [2.75, 3.05) is 11.9 Å². The van der Waals surface area contributed by atoms with E-state index in [9.17, 15) is 9.59 Å². The highest BCUT2D eigenvalue weighted by Crippen LogP contribution is 2.50. The number of ether oxygens (including phenoxy) is 2. The summed E-state index contributed by atoms with van der Waals surface area (Å²) in [5, 5.41) is 4.32. The zero-order chi connectivity index (χ0) is 19.3. The Kier molecular flexibility index (Phi) is 3.94. The SMILES string of the molecule is CC(=O)Oc1ccc([C@@H]2Nc3c(c4ccccc4oc3=O)[C@H]3OCC[C@H]32)cc1. The van der Waals surface area contributed by atoms with Crippen molar-refractivity contribution in [1.29, 1.82) is 0 Å². The summed E-state index contributed by atoms with van der Waals surface area (Å²) >= 11 is 0. The molecule has 0 saturated carbocycles. The van der Waals surface area contributed by atoms with Crippen molar-refractivity contribution in [1.82, 2.24) is 0 Å². The van der Waals surface area contributed by atoms with E-state index in [0.717, 1.165) is 22.9 Å². The highest BCUT2D eigenvalue weighted by molar-refractivity contribution is 5.86. The predicted molar refractivity (Wildman–Crippen MR) is 103 cm³/mol. The topological polar surface area (TPSA) is 77.8 Å². The number of carbonyl (C=O) groups is 1. The van der Waals surface area contributed by atoms with Gasteiger partial charge in [0.15, 0.2) is 0 Å². The van der Waals surface area contributed by atoms with Crippen LogP contribution in [0.2, 0.25) is 0 Å². The second kappa shape index (κ2) is 6.49. The summed E-state index contributed by atoms with van der Waals surface area (Å²) in [6, 6.07) is 14.8. The number of hydrogen-bond donors (Lipinski definition) is 1. The molecule has 28 heavy (non-hydrogen) atoms. The molecule has 1 aromatic heterocycles. The molecule has 3 atom stereocenters. The van der Waals surface area contributed by atoms with Gasteiger partial charge in [0.2, 0.25) is 0 Å². The van der Waals surface area contributed by atoms with Gasteiger partial charge in [-0.1, -0.05) is 30.3 Å². The van der Waals surface area contributed by atoms with Crippen LogP contribution in [0.1, 0.15) is 36.6 Å². The Hall–Kier alpha value is -3.12. The molecule has 1 saturated heterocycles. The van der Waals surface area contributed by atoms with Crippen LogP contribution in [0.25, 0.3) is 11.0 Å². The average molecular weight is 377 g/mol. The Morgan fingerprint density at radius 3 is 2.71 bits per heavy atom. The van der Waals surface area contributed by atoms with Gasteiger partial charge in [0.1, 0.15) is 17.0 Å². The van der Waals surface area contributed by atoms with Crippen molar-refractivity contribution < 1.29 is 18.7 Å². The normalized spacial score (nSPS) is 23.0. The summed E-state index contributed by atoms with van der Waals surface area (Å²) in [7, 11) is 0. The number of hydrogen-bond acceptors (Lipinski definition) is 6. The van der Waals surface area contributed by atoms with Crippen LogP contribution in [0.15, 0.2) is 57.7 Å². The van der Waals surface area contributed by atoms with Gasteiger partial charge in [-0.05, 0) is 30.2 Å². The van der Waals surface area contributed by atoms with Crippen LogP contribution in [0, 0.1) is 5.92 Å². The predicted octanol–water partition coefficient (Wildman–Crippen LogP) is 3.96. The van der Waals surface area contributed by atoms with Gasteiger partial charge in [-0.25, -0.2) is 4.79 Å². The Bertz CT molecular complexity index is 1120. The average Bonchev–Trinajstić information content (AvgIpc) is 3.17. The quantitative estimate of drug-likeness (QED) is 0.414. The maximum Gasteiger partial charge on any atom is 0.360 e. The van der Waals surface area contributed by atoms with Crippen LogP contribution in [0.5, 0.6) is 5.75 Å². The van der Waals surface area contributed by atoms with Gasteiger partial charge in [0.25, 0.3) is 0 Å². The molecule has 0 aliphatic carbocycles. The zero-order valence-corrected chi connectivity index (χ0v) is 15.3. The fraction of sp³-hybridized carbons (Fsp3) is 0.273. The molecule has 142 valence electrons. The molecule has 6 nitrogen and oxygen atoms in total. The largest absolute Gasteiger partial charge is 0.427 e. The van der Waals surface area contributed by atoms with Crippen LogP contribution in [0.3, 0.4) is 0 Å². The highest BCUT2D eigenvalue weighted by atomic mass is 16.5. The molecule has 3 aromatic rings. The number of anilines is 1. The molecule has 6 heteroatoms. The van der Waals surface area contributed by atoms with Gasteiger partial charge in [-0.3, -0.25) is 4.79 Å². The molecule has 2 aliphatic heterocycles. The molecule has 5 rings (SSSR count). The van der Waals surface area contributed by atoms with Gasteiger partial charge >= 0.3 is 11.6 Å². The summed E-state index contributed by atoms with van der Waals surface area (Å²) in [6.07, 6.45) is 0.727. The van der Waals surface area contributed by atoms with Crippen LogP contribution in [-0.4, -0.2) is 12.6 Å². The van der Waals surface area contributed by atoms with Crippen LogP contribution < -0.4 is 15.7 Å². The fourth-order valence-electron chi connectivity index (χ4n) is 4.35. The first-order chi connectivity index (χ1) is 13.6. The number of carbonyl (C=O) groups excluding carboxylic acids is 1. The van der Waals surface area contributed by atoms with E-state index in [1.54, 1.807) is 18.2 Å². The summed E-state index contributed by atoms with van der Waals surface area (Å²) < 4.78 is 16.7. The summed E-state index contributed by atoms with van der Waals surface area (Å²) in [5.74, 6) is 0.334. The number of rotatable bonds is 2. The van der Waals surface area contributed by atoms with E-state index in [4.69, 9.17) is 13.9 Å². The van der Waals surface area contributed by atoms with Crippen molar-refractivity contribution in [3.8, 4) is 5.75 Å². The number of benzene rings is 2. The van der Waals surface area contributed by atoms with Crippen molar-refractivity contribution >= 4 is 22.6 Å². The summed E-state index contributed by atoms with van der Waals surface area (Å²) in [5.41, 5.74) is 2.56. The molecule has 0 amide bonds. The lowest BCUT2D eigenvalue weighted by molar-refractivity contribution is -0.131. The smallest absolute Gasteiger partial charge is 0.360 e. The molecule has 0 bridgehead atoms. The standard InChI is InChI=1S/C22H19NO5/c1-12(24)27-14-8-6-13(7-9-14)19-16-10-11-26-21(16)18-15-4-2-3-5-17(15)28-22(25)20(18)23-19/h2-9,16,19,21,23H,10-11H2,1H3/t16-,19-,21-/m0/s1. The van der Waals surface area contributed by atoms with E-state index >= 15 is 0 Å². The molecule has 0 unspecified atom stereocenters. The monoisotopic (exact) mass is 377 g/mol. The Morgan fingerprint density at radius 1 is 1.14 bits per heavy atom. The van der Waals surface area contributed by atoms with Gasteiger partial charge in [0.05, 0.1) is 12.1 Å². The van der Waals surface area contributed by atoms with Crippen LogP contribution >= 0.6 is 0 Å². The Morgan fingerprint density at radius 2 is 1.93 bits per heavy atom. The minimum atomic E-state index is -0.385. The molecule has 1 fully saturated rings. The minimum absolute atomic E-state index is 0.0876. The van der Waals surface area contributed by atoms with Crippen molar-refractivity contribution in [3.05, 3.63) is 70.1 Å². The lowest BCUT2D eigenvalue weighted by atomic mass is 9.80. The number of esters is 1. The second-order valence-corrected chi connectivity index (χ2v) is 7.20. The van der Waals surface area contributed by atoms with Crippen molar-refractivity contribution in [3.63, 3.8) is 0 Å². The molecule has 3 heterocycles. The Balaban J connectivity index is 1.60. The third-order valence-electron chi connectivity index (χ3n) is 5.50. The molecule has 1 N–H and O–H groups in total. The molecular weight excluding hydrogens is 358 g/mol. The lowest BCUT2D eigenvalue weighted by Gasteiger charge is -2.36. The number of fused-ring (bicyclic) bond motifs is 5. The molecule has 2 aromatic carbocycles. The van der Waals surface area contributed by atoms with E-state index in [2.05, 4.69) is 5.32 Å².